The number of alkyl carbamates (subject to hydrolysis) is 1. The number of benzene rings is 1. The van der Waals surface area contributed by atoms with Crippen molar-refractivity contribution < 1.29 is 9.53 Å². The van der Waals surface area contributed by atoms with E-state index in [1.165, 1.54) is 7.11 Å². The van der Waals surface area contributed by atoms with Gasteiger partial charge in [-0.25, -0.2) is 4.79 Å². The molecule has 0 spiro atoms. The Labute approximate surface area is 128 Å². The Morgan fingerprint density at radius 1 is 1.42 bits per heavy atom. The number of carbonyl (C=O) groups excluding carboxylic acids is 1. The molecule has 19 heavy (non-hydrogen) atoms. The van der Waals surface area contributed by atoms with Crippen molar-refractivity contribution in [1.82, 2.24) is 10.6 Å². The van der Waals surface area contributed by atoms with Gasteiger partial charge in [-0.1, -0.05) is 31.9 Å². The van der Waals surface area contributed by atoms with Gasteiger partial charge in [-0.3, -0.25) is 10.3 Å². The summed E-state index contributed by atoms with van der Waals surface area (Å²) in [5.74, 6) is 0.444. The first-order valence-corrected chi connectivity index (χ1v) is 7.29. The summed E-state index contributed by atoms with van der Waals surface area (Å²) < 4.78 is 6.55. The molecule has 1 atom stereocenters. The summed E-state index contributed by atoms with van der Waals surface area (Å²) >= 11 is 6.94. The molecule has 1 amide bonds. The molecule has 2 N–H and O–H groups in total. The maximum Gasteiger partial charge on any atom is 0.413 e. The zero-order valence-electron chi connectivity index (χ0n) is 10.2. The molecule has 2 rings (SSSR count). The third kappa shape index (κ3) is 3.94. The number of carbonyl (C=O) groups is 1. The van der Waals surface area contributed by atoms with Gasteiger partial charge < -0.3 is 10.1 Å². The SMILES string of the molecule is COC(=O)NC1=NCCC(c2cc(Br)cc(Br)c2)N1. The van der Waals surface area contributed by atoms with E-state index in [0.29, 0.717) is 12.5 Å². The highest BCUT2D eigenvalue weighted by Gasteiger charge is 2.19. The fourth-order valence-electron chi connectivity index (χ4n) is 1.84. The van der Waals surface area contributed by atoms with E-state index in [-0.39, 0.29) is 6.04 Å². The maximum absolute atomic E-state index is 11.2. The number of amides is 1. The maximum atomic E-state index is 11.2. The number of nitrogens with zero attached hydrogens (tertiary/aromatic N) is 1. The van der Waals surface area contributed by atoms with Crippen LogP contribution in [0.3, 0.4) is 0 Å². The zero-order chi connectivity index (χ0) is 13.8. The van der Waals surface area contributed by atoms with Crippen molar-refractivity contribution in [2.24, 2.45) is 4.99 Å². The number of guanidine groups is 1. The minimum absolute atomic E-state index is 0.110. The molecule has 1 aromatic rings. The van der Waals surface area contributed by atoms with E-state index in [9.17, 15) is 4.79 Å². The van der Waals surface area contributed by atoms with Crippen molar-refractivity contribution >= 4 is 43.9 Å². The van der Waals surface area contributed by atoms with Crippen LogP contribution in [0.2, 0.25) is 0 Å². The number of aliphatic imine (C=N–C) groups is 1. The minimum atomic E-state index is -0.526. The summed E-state index contributed by atoms with van der Waals surface area (Å²) in [6.07, 6.45) is 0.345. The lowest BCUT2D eigenvalue weighted by molar-refractivity contribution is 0.176. The average molecular weight is 391 g/mol. The second-order valence-corrected chi connectivity index (χ2v) is 5.87. The van der Waals surface area contributed by atoms with Gasteiger partial charge in [0.25, 0.3) is 0 Å². The first-order chi connectivity index (χ1) is 9.08. The van der Waals surface area contributed by atoms with Crippen molar-refractivity contribution in [3.8, 4) is 0 Å². The van der Waals surface area contributed by atoms with E-state index in [2.05, 4.69) is 52.2 Å². The van der Waals surface area contributed by atoms with Crippen molar-refractivity contribution in [2.45, 2.75) is 12.5 Å². The van der Waals surface area contributed by atoms with Gasteiger partial charge in [-0.2, -0.15) is 0 Å². The summed E-state index contributed by atoms with van der Waals surface area (Å²) in [5.41, 5.74) is 1.13. The van der Waals surface area contributed by atoms with Gasteiger partial charge in [0, 0.05) is 15.5 Å². The molecule has 0 bridgehead atoms. The molecule has 0 radical (unpaired) electrons. The van der Waals surface area contributed by atoms with Crippen LogP contribution in [0.15, 0.2) is 32.1 Å². The Balaban J connectivity index is 2.10. The van der Waals surface area contributed by atoms with Crippen LogP contribution >= 0.6 is 31.9 Å². The molecule has 5 nitrogen and oxygen atoms in total. The predicted octanol–water partition coefficient (Wildman–Crippen LogP) is 2.96. The van der Waals surface area contributed by atoms with E-state index in [0.717, 1.165) is 20.9 Å². The molecule has 102 valence electrons. The molecule has 0 saturated heterocycles. The lowest BCUT2D eigenvalue weighted by Crippen LogP contribution is -2.45. The molecular formula is C12H13Br2N3O2. The van der Waals surface area contributed by atoms with Crippen molar-refractivity contribution in [3.63, 3.8) is 0 Å². The topological polar surface area (TPSA) is 62.7 Å². The Hall–Kier alpha value is -1.08. The molecule has 1 aliphatic heterocycles. The van der Waals surface area contributed by atoms with Gasteiger partial charge in [0.15, 0.2) is 0 Å². The number of ether oxygens (including phenoxy) is 1. The number of halogens is 2. The molecule has 0 aromatic heterocycles. The Morgan fingerprint density at radius 3 is 2.74 bits per heavy atom. The first-order valence-electron chi connectivity index (χ1n) is 5.70. The van der Waals surface area contributed by atoms with Crippen LogP contribution in [-0.2, 0) is 4.74 Å². The Morgan fingerprint density at radius 2 is 2.11 bits per heavy atom. The van der Waals surface area contributed by atoms with Gasteiger partial charge in [0.2, 0.25) is 5.96 Å². The van der Waals surface area contributed by atoms with E-state index in [1.54, 1.807) is 0 Å². The Kier molecular flexibility index (Phi) is 4.81. The summed E-state index contributed by atoms with van der Waals surface area (Å²) in [7, 11) is 1.32. The van der Waals surface area contributed by atoms with Crippen LogP contribution in [-0.4, -0.2) is 25.7 Å². The van der Waals surface area contributed by atoms with Gasteiger partial charge >= 0.3 is 6.09 Å². The van der Waals surface area contributed by atoms with E-state index < -0.39 is 6.09 Å². The van der Waals surface area contributed by atoms with Gasteiger partial charge in [-0.15, -0.1) is 0 Å². The predicted molar refractivity (Wildman–Crippen MR) is 80.2 cm³/mol. The molecule has 7 heteroatoms. The van der Waals surface area contributed by atoms with Gasteiger partial charge in [0.05, 0.1) is 13.2 Å². The molecule has 0 aliphatic carbocycles. The molecular weight excluding hydrogens is 378 g/mol. The fourth-order valence-corrected chi connectivity index (χ4v) is 3.17. The summed E-state index contributed by atoms with van der Waals surface area (Å²) in [6.45, 7) is 0.654. The minimum Gasteiger partial charge on any atom is -0.453 e. The smallest absolute Gasteiger partial charge is 0.413 e. The first kappa shape index (κ1) is 14.3. The molecule has 1 aromatic carbocycles. The summed E-state index contributed by atoms with van der Waals surface area (Å²) in [6, 6.07) is 6.18. The van der Waals surface area contributed by atoms with E-state index in [4.69, 9.17) is 0 Å². The number of hydrogen-bond donors (Lipinski definition) is 2. The van der Waals surface area contributed by atoms with Crippen LogP contribution in [0.5, 0.6) is 0 Å². The Bertz CT molecular complexity index is 499. The second-order valence-electron chi connectivity index (χ2n) is 4.04. The highest BCUT2D eigenvalue weighted by molar-refractivity contribution is 9.11. The highest BCUT2D eigenvalue weighted by Crippen LogP contribution is 2.26. The number of hydrogen-bond acceptors (Lipinski definition) is 4. The van der Waals surface area contributed by atoms with Crippen molar-refractivity contribution in [3.05, 3.63) is 32.7 Å². The monoisotopic (exact) mass is 389 g/mol. The third-order valence-corrected chi connectivity index (χ3v) is 3.61. The van der Waals surface area contributed by atoms with Crippen LogP contribution in [0.25, 0.3) is 0 Å². The highest BCUT2D eigenvalue weighted by atomic mass is 79.9. The fraction of sp³-hybridized carbons (Fsp3) is 0.333. The van der Waals surface area contributed by atoms with Gasteiger partial charge in [-0.05, 0) is 30.2 Å². The lowest BCUT2D eigenvalue weighted by atomic mass is 10.0. The molecule has 1 heterocycles. The molecule has 0 fully saturated rings. The van der Waals surface area contributed by atoms with E-state index >= 15 is 0 Å². The third-order valence-electron chi connectivity index (χ3n) is 2.69. The van der Waals surface area contributed by atoms with Crippen molar-refractivity contribution in [2.75, 3.05) is 13.7 Å². The summed E-state index contributed by atoms with van der Waals surface area (Å²) in [4.78, 5) is 15.4. The lowest BCUT2D eigenvalue weighted by Gasteiger charge is -2.25. The van der Waals surface area contributed by atoms with Crippen LogP contribution < -0.4 is 10.6 Å². The average Bonchev–Trinajstić information content (AvgIpc) is 2.38. The number of methoxy groups -OCH3 is 1. The largest absolute Gasteiger partial charge is 0.453 e. The zero-order valence-corrected chi connectivity index (χ0v) is 13.4. The molecule has 1 aliphatic rings. The van der Waals surface area contributed by atoms with E-state index in [1.807, 2.05) is 18.2 Å². The van der Waals surface area contributed by atoms with Crippen molar-refractivity contribution in [1.29, 1.82) is 0 Å². The van der Waals surface area contributed by atoms with Crippen LogP contribution in [0.1, 0.15) is 18.0 Å². The number of rotatable bonds is 1. The number of nitrogens with one attached hydrogen (secondary N) is 2. The normalized spacial score (nSPS) is 18.3. The quantitative estimate of drug-likeness (QED) is 0.774. The molecule has 1 unspecified atom stereocenters. The second kappa shape index (κ2) is 6.38. The standard InChI is InChI=1S/C12H13Br2N3O2/c1-19-12(18)17-11-15-3-2-10(16-11)7-4-8(13)6-9(14)5-7/h4-6,10H,2-3H2,1H3,(H2,15,16,17,18). The van der Waals surface area contributed by atoms with Crippen LogP contribution in [0.4, 0.5) is 4.79 Å². The van der Waals surface area contributed by atoms with Gasteiger partial charge in [0.1, 0.15) is 0 Å². The molecule has 0 saturated carbocycles. The van der Waals surface area contributed by atoms with Crippen LogP contribution in [0, 0.1) is 0 Å². The summed E-state index contributed by atoms with van der Waals surface area (Å²) in [5, 5.41) is 5.74.